The normalized spacial score (nSPS) is 14.8. The molecule has 0 saturated heterocycles. The summed E-state index contributed by atoms with van der Waals surface area (Å²) in [4.78, 5) is 26.5. The summed E-state index contributed by atoms with van der Waals surface area (Å²) in [5.74, 6) is -5.31. The summed E-state index contributed by atoms with van der Waals surface area (Å²) in [6.07, 6.45) is 10.7. The van der Waals surface area contributed by atoms with Gasteiger partial charge in [0.1, 0.15) is 0 Å². The zero-order chi connectivity index (χ0) is 34.6. The monoisotopic (exact) mass is 690 g/mol. The molecule has 2 amide bonds. The predicted octanol–water partition coefficient (Wildman–Crippen LogP) is 7.04. The number of halogens is 4. The van der Waals surface area contributed by atoms with E-state index in [0.717, 1.165) is 24.3 Å². The van der Waals surface area contributed by atoms with Gasteiger partial charge in [0.05, 0.1) is 0 Å². The Hall–Kier alpha value is -3.31. The van der Waals surface area contributed by atoms with E-state index in [-0.39, 0.29) is 37.4 Å². The number of amides is 2. The fourth-order valence-electron chi connectivity index (χ4n) is 5.84. The van der Waals surface area contributed by atoms with Crippen LogP contribution in [0, 0.1) is 34.1 Å². The molecule has 2 aromatic rings. The van der Waals surface area contributed by atoms with Gasteiger partial charge < -0.3 is 0 Å². The van der Waals surface area contributed by atoms with Crippen molar-refractivity contribution in [3.05, 3.63) is 91.7 Å². The van der Waals surface area contributed by atoms with Gasteiger partial charge >= 0.3 is 278 Å². The Morgan fingerprint density at radius 2 is 1.09 bits per heavy atom. The van der Waals surface area contributed by atoms with Crippen molar-refractivity contribution in [2.24, 2.45) is 10.8 Å². The van der Waals surface area contributed by atoms with Gasteiger partial charge in [0, 0.05) is 0 Å². The van der Waals surface area contributed by atoms with Crippen molar-refractivity contribution in [3.8, 4) is 0 Å². The second kappa shape index (κ2) is 14.9. The van der Waals surface area contributed by atoms with Crippen LogP contribution in [0.2, 0.25) is 0 Å². The molecular formula is C36H42F4N2O4Ti. The number of benzene rings is 2. The van der Waals surface area contributed by atoms with E-state index >= 15 is 17.6 Å². The molecule has 2 N–H and O–H groups in total. The number of anilines is 2. The Kier molecular flexibility index (Phi) is 11.5. The van der Waals surface area contributed by atoms with E-state index in [9.17, 15) is 9.59 Å². The van der Waals surface area contributed by atoms with Crippen LogP contribution < -0.4 is 18.4 Å². The van der Waals surface area contributed by atoms with Crippen molar-refractivity contribution in [2.75, 3.05) is 37.1 Å². The van der Waals surface area contributed by atoms with Gasteiger partial charge in [0.15, 0.2) is 0 Å². The standard InChI is InChI=1S/2C13H16F2NO2.2C5H5.Ti/c2*1-4-18-8-13(2,3)12(17)16-11-6-5-9(14)7-10(11)15;2*1-2-4-5-3-1;/h2*5-6H,4,8H2,1-3H3,(H,16,17);2*1-3H,4H2;. The molecule has 0 aliphatic heterocycles. The van der Waals surface area contributed by atoms with Crippen LogP contribution in [0.3, 0.4) is 0 Å². The zero-order valence-corrected chi connectivity index (χ0v) is 29.2. The fourth-order valence-corrected chi connectivity index (χ4v) is 14.1. The van der Waals surface area contributed by atoms with Crippen molar-refractivity contribution in [3.63, 3.8) is 0 Å². The van der Waals surface area contributed by atoms with Crippen LogP contribution in [0.4, 0.5) is 28.9 Å². The quantitative estimate of drug-likeness (QED) is 0.165. The molecule has 0 bridgehead atoms. The summed E-state index contributed by atoms with van der Waals surface area (Å²) in [5.41, 5.74) is -2.75. The first-order chi connectivity index (χ1) is 22.2. The molecule has 0 spiro atoms. The van der Waals surface area contributed by atoms with Gasteiger partial charge in [-0.3, -0.25) is 0 Å². The van der Waals surface area contributed by atoms with E-state index in [4.69, 9.17) is 9.47 Å². The van der Waals surface area contributed by atoms with Crippen molar-refractivity contribution in [1.82, 2.24) is 0 Å². The Morgan fingerprint density at radius 3 is 1.40 bits per heavy atom. The zero-order valence-electron chi connectivity index (χ0n) is 27.7. The number of ether oxygens (including phenoxy) is 2. The molecule has 2 aliphatic carbocycles. The molecular weight excluding hydrogens is 648 g/mol. The molecule has 4 rings (SSSR count). The van der Waals surface area contributed by atoms with E-state index in [0.29, 0.717) is 21.0 Å². The molecule has 47 heavy (non-hydrogen) atoms. The van der Waals surface area contributed by atoms with Crippen molar-refractivity contribution < 1.29 is 53.2 Å². The molecule has 252 valence electrons. The van der Waals surface area contributed by atoms with Gasteiger partial charge in [0.25, 0.3) is 0 Å². The number of nitrogens with one attached hydrogen (secondary N) is 2. The second-order valence-electron chi connectivity index (χ2n) is 12.9. The molecule has 11 heteroatoms. The maximum atomic E-state index is 17.0. The summed E-state index contributed by atoms with van der Waals surface area (Å²) >= 11 is -5.21. The van der Waals surface area contributed by atoms with Crippen molar-refractivity contribution >= 4 is 30.9 Å². The Balaban J connectivity index is 1.98. The van der Waals surface area contributed by atoms with Gasteiger partial charge in [0.2, 0.25) is 0 Å². The minimum absolute atomic E-state index is 0.0557. The average Bonchev–Trinajstić information content (AvgIpc) is 3.77. The Labute approximate surface area is 277 Å². The predicted molar refractivity (Wildman–Crippen MR) is 173 cm³/mol. The number of carbonyl (C=O) groups is 2. The molecule has 2 aliphatic rings. The number of rotatable bonds is 14. The molecule has 0 atom stereocenters. The summed E-state index contributed by atoms with van der Waals surface area (Å²) in [6.45, 7) is 10.9. The van der Waals surface area contributed by atoms with E-state index < -0.39 is 70.2 Å². The van der Waals surface area contributed by atoms with Crippen LogP contribution in [0.25, 0.3) is 0 Å². The van der Waals surface area contributed by atoms with Crippen LogP contribution in [0.1, 0.15) is 54.4 Å². The summed E-state index contributed by atoms with van der Waals surface area (Å²) < 4.78 is 77.6. The van der Waals surface area contributed by atoms with Crippen LogP contribution in [0.15, 0.2) is 68.5 Å². The molecule has 0 saturated carbocycles. The minimum atomic E-state index is -5.21. The summed E-state index contributed by atoms with van der Waals surface area (Å²) in [5, 5.41) is 5.15. The number of carbonyl (C=O) groups excluding carboxylic acids is 2. The SMILES string of the molecule is CCOCC(C)(C)C(=O)Nc1ccc(F)[c]([Ti]([C]2=CC=CC2)([C]2=CC=CC2)[c]2c(F)ccc(NC(=O)C(C)(C)COCC)c2F)c1F. The van der Waals surface area contributed by atoms with Gasteiger partial charge in [-0.15, -0.1) is 0 Å². The topological polar surface area (TPSA) is 76.7 Å². The first-order valence-corrected chi connectivity index (χ1v) is 18.8. The average molecular weight is 691 g/mol. The number of hydrogen-bond donors (Lipinski definition) is 2. The third-order valence-electron chi connectivity index (χ3n) is 8.50. The Bertz CT molecular complexity index is 1540. The first kappa shape index (κ1) is 36.5. The van der Waals surface area contributed by atoms with E-state index in [1.807, 2.05) is 0 Å². The molecule has 6 nitrogen and oxygen atoms in total. The third kappa shape index (κ3) is 7.26. The van der Waals surface area contributed by atoms with Crippen molar-refractivity contribution in [2.45, 2.75) is 54.4 Å². The van der Waals surface area contributed by atoms with Gasteiger partial charge in [-0.05, 0) is 0 Å². The summed E-state index contributed by atoms with van der Waals surface area (Å²) in [7, 11) is 0. The van der Waals surface area contributed by atoms with Gasteiger partial charge in [-0.1, -0.05) is 0 Å². The molecule has 0 unspecified atom stereocenters. The fraction of sp³-hybridized carbons (Fsp3) is 0.389. The van der Waals surface area contributed by atoms with E-state index in [1.54, 1.807) is 78.0 Å². The molecule has 0 radical (unpaired) electrons. The molecule has 0 aromatic heterocycles. The maximum absolute atomic E-state index is 17.0. The molecule has 0 heterocycles. The number of hydrogen-bond acceptors (Lipinski definition) is 4. The van der Waals surface area contributed by atoms with Gasteiger partial charge in [-0.25, -0.2) is 0 Å². The first-order valence-electron chi connectivity index (χ1n) is 15.7. The van der Waals surface area contributed by atoms with Crippen LogP contribution in [-0.2, 0) is 35.7 Å². The van der Waals surface area contributed by atoms with Crippen LogP contribution >= 0.6 is 0 Å². The van der Waals surface area contributed by atoms with E-state index in [2.05, 4.69) is 10.6 Å². The Morgan fingerprint density at radius 1 is 0.702 bits per heavy atom. The molecule has 0 fully saturated rings. The van der Waals surface area contributed by atoms with Gasteiger partial charge in [-0.2, -0.15) is 0 Å². The van der Waals surface area contributed by atoms with E-state index in [1.165, 1.54) is 0 Å². The second-order valence-corrected chi connectivity index (χ2v) is 18.8. The third-order valence-corrected chi connectivity index (χ3v) is 16.4. The van der Waals surface area contributed by atoms with Crippen molar-refractivity contribution in [1.29, 1.82) is 0 Å². The summed E-state index contributed by atoms with van der Waals surface area (Å²) in [6, 6.07) is 4.27. The number of allylic oxidation sites excluding steroid dienone is 8. The van der Waals surface area contributed by atoms with Crippen LogP contribution in [-0.4, -0.2) is 38.2 Å². The molecule has 2 aromatic carbocycles. The van der Waals surface area contributed by atoms with Crippen LogP contribution in [0.5, 0.6) is 0 Å².